The lowest BCUT2D eigenvalue weighted by Crippen LogP contribution is -2.70. The van der Waals surface area contributed by atoms with Crippen LogP contribution in [0.2, 0.25) is 0 Å². The second-order valence-corrected chi connectivity index (χ2v) is 19.8. The third-order valence-corrected chi connectivity index (χ3v) is 15.2. The monoisotopic (exact) mass is 989 g/mol. The van der Waals surface area contributed by atoms with Gasteiger partial charge in [0, 0.05) is 62.3 Å². The van der Waals surface area contributed by atoms with Gasteiger partial charge in [-0.3, -0.25) is 14.9 Å². The summed E-state index contributed by atoms with van der Waals surface area (Å²) in [6.07, 6.45) is 13.9. The smallest absolute Gasteiger partial charge is 0.269 e. The molecule has 2 fully saturated rings. The zero-order chi connectivity index (χ0) is 50.9. The highest BCUT2D eigenvalue weighted by Crippen LogP contribution is 2.62. The summed E-state index contributed by atoms with van der Waals surface area (Å²) in [5.41, 5.74) is 6.29. The van der Waals surface area contributed by atoms with Crippen molar-refractivity contribution in [3.63, 3.8) is 0 Å². The lowest BCUT2D eigenvalue weighted by atomic mass is 9.55. The minimum Gasteiger partial charge on any atom is -0.459 e. The second kappa shape index (κ2) is 23.5. The van der Waals surface area contributed by atoms with E-state index in [1.54, 1.807) is 24.3 Å². The first-order valence-electron chi connectivity index (χ1n) is 25.9. The first kappa shape index (κ1) is 51.3. The highest BCUT2D eigenvalue weighted by atomic mass is 16.8. The van der Waals surface area contributed by atoms with Crippen LogP contribution in [0.1, 0.15) is 97.9 Å². The number of aliphatic hydroxyl groups excluding tert-OH is 2. The number of hydrogen-bond acceptors (Lipinski definition) is 11. The first-order chi connectivity index (χ1) is 35.6. The molecule has 13 nitrogen and oxygen atoms in total. The molecule has 0 aromatic heterocycles. The fraction of sp³-hybridized carbons (Fsp3) is 0.400. The Morgan fingerprint density at radius 3 is 2.44 bits per heavy atom. The number of carbonyl (C=O) groups excluding carboxylic acids is 1. The number of carbonyl (C=O) groups is 1. The van der Waals surface area contributed by atoms with Gasteiger partial charge in [-0.05, 0) is 151 Å². The number of aliphatic hydroxyl groups is 2. The number of ether oxygens (including phenoxy) is 4. The SMILES string of the molecule is C=CCO[C@@]12Oc3ccc(Oc4ccc(C)c(C)c4)cc3[C@H]3[C@H](CCCCO)[C@@H](CCCCO)C=C(C(=NOC4CCCCO4)C[C@@H]1N(Cc1cccc4ccccc14)C(=O)C=Cc1ccc([N+](=O)[O-])cc1)[C@H]32. The van der Waals surface area contributed by atoms with Crippen LogP contribution in [0, 0.1) is 41.7 Å². The molecule has 9 rings (SSSR count). The third kappa shape index (κ3) is 11.3. The Hall–Kier alpha value is -6.64. The maximum atomic E-state index is 15.6. The summed E-state index contributed by atoms with van der Waals surface area (Å²) in [6.45, 7) is 9.23. The Morgan fingerprint density at radius 1 is 0.918 bits per heavy atom. The molecule has 2 heterocycles. The van der Waals surface area contributed by atoms with Crippen LogP contribution in [0.5, 0.6) is 17.2 Å². The summed E-state index contributed by atoms with van der Waals surface area (Å²) < 4.78 is 27.6. The van der Waals surface area contributed by atoms with Gasteiger partial charge in [0.1, 0.15) is 23.3 Å². The lowest BCUT2D eigenvalue weighted by Gasteiger charge is -2.60. The maximum Gasteiger partial charge on any atom is 0.269 e. The van der Waals surface area contributed by atoms with Crippen molar-refractivity contribution in [2.24, 2.45) is 22.9 Å². The molecule has 1 unspecified atom stereocenters. The van der Waals surface area contributed by atoms with E-state index < -0.39 is 29.0 Å². The number of nitro benzene ring substituents is 1. The molecule has 0 radical (unpaired) electrons. The Kier molecular flexibility index (Phi) is 16.5. The summed E-state index contributed by atoms with van der Waals surface area (Å²) in [6, 6.07) is 31.5. The molecular formula is C60H67N3O10. The van der Waals surface area contributed by atoms with Crippen LogP contribution in [0.15, 0.2) is 139 Å². The van der Waals surface area contributed by atoms with Crippen LogP contribution < -0.4 is 9.47 Å². The first-order valence-corrected chi connectivity index (χ1v) is 25.9. The zero-order valence-electron chi connectivity index (χ0n) is 41.9. The standard InChI is InChI=1S/C60H67N3O10/c1-4-33-70-60-55(62(39-45-17-13-16-43-14-5-6-18-49(43)45)56(66)30-24-42-22-25-46(26-23-42)63(67)68)38-53(61-73-57-20-9-12-34-69-57)51-36-44(15-7-10-31-64)50(19-8-11-32-65)58(59(51)60)52-37-48(28-29-54(52)72-60)71-47-27-21-40(2)41(3)35-47/h4-6,13-14,16-18,21-30,35-37,44,50,55,57-59,64-65H,1,7-12,15,19-20,31-34,38-39H2,2-3H3/t44-,50+,55-,57?,58+,59+,60+/m0/s1. The van der Waals surface area contributed by atoms with Crippen molar-refractivity contribution in [3.05, 3.63) is 171 Å². The third-order valence-electron chi connectivity index (χ3n) is 15.2. The molecule has 73 heavy (non-hydrogen) atoms. The Balaban J connectivity index is 1.26. The predicted octanol–water partition coefficient (Wildman–Crippen LogP) is 12.1. The van der Waals surface area contributed by atoms with Crippen LogP contribution in [0.3, 0.4) is 0 Å². The molecular weight excluding hydrogens is 923 g/mol. The second-order valence-electron chi connectivity index (χ2n) is 19.8. The molecule has 2 N–H and O–H groups in total. The fourth-order valence-electron chi connectivity index (χ4n) is 11.5. The summed E-state index contributed by atoms with van der Waals surface area (Å²) in [5.74, 6) is -0.697. The number of fused-ring (bicyclic) bond motifs is 3. The molecule has 1 saturated heterocycles. The lowest BCUT2D eigenvalue weighted by molar-refractivity contribution is -0.384. The van der Waals surface area contributed by atoms with Gasteiger partial charge in [-0.15, -0.1) is 6.58 Å². The maximum absolute atomic E-state index is 15.6. The van der Waals surface area contributed by atoms with Crippen LogP contribution in [0.25, 0.3) is 16.8 Å². The van der Waals surface area contributed by atoms with Crippen LogP contribution in [-0.4, -0.2) is 76.2 Å². The molecule has 1 amide bonds. The van der Waals surface area contributed by atoms with E-state index >= 15 is 4.79 Å². The van der Waals surface area contributed by atoms with E-state index in [0.29, 0.717) is 54.4 Å². The van der Waals surface area contributed by atoms with Gasteiger partial charge in [-0.1, -0.05) is 78.7 Å². The Bertz CT molecular complexity index is 2850. The van der Waals surface area contributed by atoms with E-state index in [1.807, 2.05) is 53.4 Å². The number of non-ortho nitro benzene ring substituents is 1. The van der Waals surface area contributed by atoms with E-state index in [1.165, 1.54) is 23.8 Å². The highest BCUT2D eigenvalue weighted by molar-refractivity contribution is 6.03. The van der Waals surface area contributed by atoms with Gasteiger partial charge >= 0.3 is 0 Å². The van der Waals surface area contributed by atoms with Crippen LogP contribution in [0.4, 0.5) is 5.69 Å². The van der Waals surface area contributed by atoms with Crippen molar-refractivity contribution in [2.45, 2.75) is 109 Å². The van der Waals surface area contributed by atoms with Crippen molar-refractivity contribution in [2.75, 3.05) is 26.4 Å². The summed E-state index contributed by atoms with van der Waals surface area (Å²) in [5, 5.41) is 38.9. The molecule has 2 aliphatic carbocycles. The number of rotatable bonds is 21. The molecule has 4 aliphatic rings. The average molecular weight is 990 g/mol. The number of nitro groups is 1. The number of oxime groups is 1. The molecule has 5 aromatic rings. The molecule has 13 heteroatoms. The molecule has 5 aromatic carbocycles. The molecule has 0 spiro atoms. The normalized spacial score (nSPS) is 23.8. The largest absolute Gasteiger partial charge is 0.459 e. The fourth-order valence-corrected chi connectivity index (χ4v) is 11.5. The summed E-state index contributed by atoms with van der Waals surface area (Å²) in [7, 11) is 0. The molecule has 1 saturated carbocycles. The Labute approximate surface area is 427 Å². The number of hydrogen-bond donors (Lipinski definition) is 2. The highest BCUT2D eigenvalue weighted by Gasteiger charge is 2.65. The minimum atomic E-state index is -1.53. The van der Waals surface area contributed by atoms with Crippen molar-refractivity contribution < 1.29 is 43.7 Å². The molecule has 382 valence electrons. The topological polar surface area (TPSA) is 162 Å². The van der Waals surface area contributed by atoms with Gasteiger partial charge in [-0.25, -0.2) is 0 Å². The van der Waals surface area contributed by atoms with Gasteiger partial charge in [0.15, 0.2) is 0 Å². The number of nitrogens with zero attached hydrogens (tertiary/aromatic N) is 3. The molecule has 2 aliphatic heterocycles. The van der Waals surface area contributed by atoms with Gasteiger partial charge in [0.25, 0.3) is 5.69 Å². The van der Waals surface area contributed by atoms with Crippen LogP contribution >= 0.6 is 0 Å². The zero-order valence-corrected chi connectivity index (χ0v) is 41.9. The minimum absolute atomic E-state index is 0.00272. The number of amides is 1. The molecule has 0 bridgehead atoms. The summed E-state index contributed by atoms with van der Waals surface area (Å²) in [4.78, 5) is 34.9. The number of benzene rings is 5. The van der Waals surface area contributed by atoms with Crippen molar-refractivity contribution in [1.82, 2.24) is 4.90 Å². The Morgan fingerprint density at radius 2 is 1.68 bits per heavy atom. The van der Waals surface area contributed by atoms with E-state index in [-0.39, 0.29) is 62.1 Å². The predicted molar refractivity (Wildman–Crippen MR) is 282 cm³/mol. The van der Waals surface area contributed by atoms with Gasteiger partial charge in [0.05, 0.1) is 29.8 Å². The van der Waals surface area contributed by atoms with Crippen molar-refractivity contribution in [3.8, 4) is 17.2 Å². The van der Waals surface area contributed by atoms with Crippen LogP contribution in [-0.2, 0) is 25.7 Å². The van der Waals surface area contributed by atoms with E-state index in [0.717, 1.165) is 71.6 Å². The van der Waals surface area contributed by atoms with Gasteiger partial charge in [-0.2, -0.15) is 0 Å². The van der Waals surface area contributed by atoms with Gasteiger partial charge in [0.2, 0.25) is 18.0 Å². The van der Waals surface area contributed by atoms with Gasteiger partial charge < -0.3 is 38.9 Å². The van der Waals surface area contributed by atoms with E-state index in [9.17, 15) is 20.3 Å². The quantitative estimate of drug-likeness (QED) is 0.0238. The number of unbranched alkanes of at least 4 members (excludes halogenated alkanes) is 2. The number of aryl methyl sites for hydroxylation is 2. The van der Waals surface area contributed by atoms with E-state index in [2.05, 4.69) is 56.8 Å². The summed E-state index contributed by atoms with van der Waals surface area (Å²) >= 11 is 0. The average Bonchev–Trinajstić information content (AvgIpc) is 3.41. The van der Waals surface area contributed by atoms with Crippen molar-refractivity contribution >= 4 is 34.2 Å². The number of allylic oxidation sites excluding steroid dienone is 1. The molecule has 7 atom stereocenters. The van der Waals surface area contributed by atoms with Crippen molar-refractivity contribution in [1.29, 1.82) is 0 Å². The van der Waals surface area contributed by atoms with E-state index in [4.69, 9.17) is 28.9 Å².